The van der Waals surface area contributed by atoms with Crippen LogP contribution in [-0.2, 0) is 6.54 Å². The molecule has 0 fully saturated rings. The summed E-state index contributed by atoms with van der Waals surface area (Å²) < 4.78 is 1.78. The minimum absolute atomic E-state index is 0.0265. The van der Waals surface area contributed by atoms with E-state index >= 15 is 0 Å². The third-order valence-electron chi connectivity index (χ3n) is 2.49. The molecule has 0 bridgehead atoms. The Bertz CT molecular complexity index is 552. The Hall–Kier alpha value is -1.93. The van der Waals surface area contributed by atoms with Crippen molar-refractivity contribution >= 4 is 5.65 Å². The molecular weight excluding hydrogens is 214 g/mol. The van der Waals surface area contributed by atoms with Crippen LogP contribution in [0, 0.1) is 24.2 Å². The lowest BCUT2D eigenvalue weighted by Gasteiger charge is -2.05. The molecule has 0 radical (unpaired) electrons. The lowest BCUT2D eigenvalue weighted by molar-refractivity contribution is 0.599. The van der Waals surface area contributed by atoms with Gasteiger partial charge in [-0.25, -0.2) is 9.50 Å². The number of fused-ring (bicyclic) bond motifs is 1. The van der Waals surface area contributed by atoms with Crippen LogP contribution in [0.15, 0.2) is 18.5 Å². The fraction of sp³-hybridized carbons (Fsp3) is 0.417. The van der Waals surface area contributed by atoms with Gasteiger partial charge in [0.25, 0.3) is 0 Å². The third kappa shape index (κ3) is 2.80. The maximum absolute atomic E-state index is 8.66. The van der Waals surface area contributed by atoms with Gasteiger partial charge in [-0.15, -0.1) is 0 Å². The number of aryl methyl sites for hydroxylation is 1. The molecule has 1 N–H and O–H groups in total. The molecule has 0 aliphatic heterocycles. The topological polar surface area (TPSA) is 66.0 Å². The first-order valence-electron chi connectivity index (χ1n) is 5.60. The van der Waals surface area contributed by atoms with Gasteiger partial charge in [0.2, 0.25) is 0 Å². The standard InChI is InChI=1S/C12H15N5/c1-9(4-13)5-14-6-11-7-15-12-3-10(2)16-17(12)8-11/h3,7-9,14H,5-6H2,1-2H3. The number of nitrogens with one attached hydrogen (secondary N) is 1. The highest BCUT2D eigenvalue weighted by atomic mass is 15.2. The number of rotatable bonds is 4. The summed E-state index contributed by atoms with van der Waals surface area (Å²) in [5.74, 6) is 0.0265. The predicted molar refractivity (Wildman–Crippen MR) is 64.2 cm³/mol. The Morgan fingerprint density at radius 2 is 2.41 bits per heavy atom. The molecule has 5 heteroatoms. The lowest BCUT2D eigenvalue weighted by atomic mass is 10.2. The summed E-state index contributed by atoms with van der Waals surface area (Å²) in [4.78, 5) is 4.32. The first kappa shape index (κ1) is 11.6. The number of aromatic nitrogens is 3. The van der Waals surface area contributed by atoms with Crippen molar-refractivity contribution in [3.05, 3.63) is 29.7 Å². The van der Waals surface area contributed by atoms with Gasteiger partial charge in [0.15, 0.2) is 5.65 Å². The van der Waals surface area contributed by atoms with Crippen molar-refractivity contribution in [3.63, 3.8) is 0 Å². The summed E-state index contributed by atoms with van der Waals surface area (Å²) in [7, 11) is 0. The van der Waals surface area contributed by atoms with E-state index in [2.05, 4.69) is 21.5 Å². The molecule has 0 aliphatic rings. The van der Waals surface area contributed by atoms with Crippen LogP contribution in [-0.4, -0.2) is 21.1 Å². The van der Waals surface area contributed by atoms with Crippen LogP contribution in [0.4, 0.5) is 0 Å². The molecule has 88 valence electrons. The molecule has 1 unspecified atom stereocenters. The molecule has 0 aromatic carbocycles. The van der Waals surface area contributed by atoms with Crippen molar-refractivity contribution in [1.29, 1.82) is 5.26 Å². The fourth-order valence-corrected chi connectivity index (χ4v) is 1.60. The van der Waals surface area contributed by atoms with E-state index in [0.29, 0.717) is 13.1 Å². The Balaban J connectivity index is 2.02. The number of nitriles is 1. The number of hydrogen-bond donors (Lipinski definition) is 1. The van der Waals surface area contributed by atoms with Gasteiger partial charge in [-0.05, 0) is 13.8 Å². The first-order valence-corrected chi connectivity index (χ1v) is 5.60. The summed E-state index contributed by atoms with van der Waals surface area (Å²) in [5, 5.41) is 16.2. The predicted octanol–water partition coefficient (Wildman–Crippen LogP) is 1.29. The zero-order valence-electron chi connectivity index (χ0n) is 10.0. The van der Waals surface area contributed by atoms with Crippen molar-refractivity contribution in [1.82, 2.24) is 19.9 Å². The Morgan fingerprint density at radius 3 is 3.18 bits per heavy atom. The van der Waals surface area contributed by atoms with E-state index in [9.17, 15) is 0 Å². The van der Waals surface area contributed by atoms with Crippen LogP contribution in [0.1, 0.15) is 18.2 Å². The summed E-state index contributed by atoms with van der Waals surface area (Å²) >= 11 is 0. The minimum atomic E-state index is 0.0265. The average molecular weight is 229 g/mol. The maximum atomic E-state index is 8.66. The highest BCUT2D eigenvalue weighted by Gasteiger charge is 2.02. The average Bonchev–Trinajstić information content (AvgIpc) is 2.68. The summed E-state index contributed by atoms with van der Waals surface area (Å²) in [6, 6.07) is 4.13. The molecule has 2 aromatic heterocycles. The van der Waals surface area contributed by atoms with Crippen molar-refractivity contribution in [2.24, 2.45) is 5.92 Å². The molecule has 2 rings (SSSR count). The second-order valence-corrected chi connectivity index (χ2v) is 4.21. The molecule has 2 heterocycles. The fourth-order valence-electron chi connectivity index (χ4n) is 1.60. The molecule has 2 aromatic rings. The van der Waals surface area contributed by atoms with E-state index in [0.717, 1.165) is 16.9 Å². The van der Waals surface area contributed by atoms with Gasteiger partial charge in [-0.3, -0.25) is 0 Å². The van der Waals surface area contributed by atoms with Gasteiger partial charge in [-0.1, -0.05) is 0 Å². The molecule has 0 amide bonds. The van der Waals surface area contributed by atoms with Crippen LogP contribution in [0.3, 0.4) is 0 Å². The van der Waals surface area contributed by atoms with Crippen molar-refractivity contribution in [2.75, 3.05) is 6.54 Å². The van der Waals surface area contributed by atoms with Crippen LogP contribution in [0.25, 0.3) is 5.65 Å². The van der Waals surface area contributed by atoms with E-state index < -0.39 is 0 Å². The zero-order valence-corrected chi connectivity index (χ0v) is 10.0. The molecule has 17 heavy (non-hydrogen) atoms. The van der Waals surface area contributed by atoms with Crippen LogP contribution in [0.2, 0.25) is 0 Å². The Kier molecular flexibility index (Phi) is 3.35. The second-order valence-electron chi connectivity index (χ2n) is 4.21. The normalized spacial score (nSPS) is 12.5. The lowest BCUT2D eigenvalue weighted by Crippen LogP contribution is -2.20. The van der Waals surface area contributed by atoms with Gasteiger partial charge in [-0.2, -0.15) is 10.4 Å². The molecule has 1 atom stereocenters. The third-order valence-corrected chi connectivity index (χ3v) is 2.49. The van der Waals surface area contributed by atoms with Crippen LogP contribution < -0.4 is 5.32 Å². The van der Waals surface area contributed by atoms with Crippen molar-refractivity contribution < 1.29 is 0 Å². The molecule has 0 saturated heterocycles. The highest BCUT2D eigenvalue weighted by molar-refractivity contribution is 5.38. The van der Waals surface area contributed by atoms with Gasteiger partial charge in [0, 0.05) is 37.1 Å². The Labute approximate surface area is 100 Å². The largest absolute Gasteiger partial charge is 0.311 e. The summed E-state index contributed by atoms with van der Waals surface area (Å²) in [6.07, 6.45) is 3.79. The first-order chi connectivity index (χ1) is 8.19. The van der Waals surface area contributed by atoms with Crippen molar-refractivity contribution in [3.8, 4) is 6.07 Å². The van der Waals surface area contributed by atoms with E-state index in [1.165, 1.54) is 0 Å². The number of nitrogens with zero attached hydrogens (tertiary/aromatic N) is 4. The van der Waals surface area contributed by atoms with Crippen LogP contribution in [0.5, 0.6) is 0 Å². The smallest absolute Gasteiger partial charge is 0.155 e. The molecule has 5 nitrogen and oxygen atoms in total. The van der Waals surface area contributed by atoms with E-state index in [4.69, 9.17) is 5.26 Å². The zero-order chi connectivity index (χ0) is 12.3. The highest BCUT2D eigenvalue weighted by Crippen LogP contribution is 2.04. The van der Waals surface area contributed by atoms with Gasteiger partial charge in [0.1, 0.15) is 0 Å². The summed E-state index contributed by atoms with van der Waals surface area (Å²) in [6.45, 7) is 5.23. The van der Waals surface area contributed by atoms with Crippen LogP contribution >= 0.6 is 0 Å². The molecule has 0 aliphatic carbocycles. The minimum Gasteiger partial charge on any atom is -0.311 e. The van der Waals surface area contributed by atoms with Crippen molar-refractivity contribution in [2.45, 2.75) is 20.4 Å². The van der Waals surface area contributed by atoms with Gasteiger partial charge < -0.3 is 5.32 Å². The quantitative estimate of drug-likeness (QED) is 0.857. The SMILES string of the molecule is Cc1cc2ncc(CNCC(C)C#N)cn2n1. The van der Waals surface area contributed by atoms with E-state index in [-0.39, 0.29) is 5.92 Å². The Morgan fingerprint density at radius 1 is 1.59 bits per heavy atom. The second kappa shape index (κ2) is 4.93. The summed E-state index contributed by atoms with van der Waals surface area (Å²) in [5.41, 5.74) is 2.88. The van der Waals surface area contributed by atoms with Gasteiger partial charge >= 0.3 is 0 Å². The van der Waals surface area contributed by atoms with E-state index in [1.807, 2.05) is 32.3 Å². The molecule has 0 spiro atoms. The number of hydrogen-bond acceptors (Lipinski definition) is 4. The molecular formula is C12H15N5. The monoisotopic (exact) mass is 229 g/mol. The molecule has 0 saturated carbocycles. The maximum Gasteiger partial charge on any atom is 0.155 e. The van der Waals surface area contributed by atoms with E-state index in [1.54, 1.807) is 4.52 Å². The van der Waals surface area contributed by atoms with Gasteiger partial charge in [0.05, 0.1) is 17.7 Å².